The first-order valence-corrected chi connectivity index (χ1v) is 8.87. The highest BCUT2D eigenvalue weighted by molar-refractivity contribution is 6.03. The van der Waals surface area contributed by atoms with Crippen LogP contribution in [0.3, 0.4) is 0 Å². The summed E-state index contributed by atoms with van der Waals surface area (Å²) in [7, 11) is 3.45. The van der Waals surface area contributed by atoms with E-state index in [1.54, 1.807) is 16.7 Å². The molecule has 7 heteroatoms. The number of nitrogens with zero attached hydrogens (tertiary/aromatic N) is 3. The first-order valence-electron chi connectivity index (χ1n) is 8.87. The molecule has 2 amide bonds. The zero-order valence-electron chi connectivity index (χ0n) is 15.0. The van der Waals surface area contributed by atoms with Crippen molar-refractivity contribution in [2.45, 2.75) is 25.7 Å². The van der Waals surface area contributed by atoms with Gasteiger partial charge >= 0.3 is 0 Å². The van der Waals surface area contributed by atoms with Gasteiger partial charge < -0.3 is 15.0 Å². The molecule has 1 unspecified atom stereocenters. The third-order valence-electron chi connectivity index (χ3n) is 5.19. The number of rotatable bonds is 4. The minimum absolute atomic E-state index is 0.0365. The van der Waals surface area contributed by atoms with E-state index in [1.165, 1.54) is 0 Å². The molecule has 2 aromatic rings. The van der Waals surface area contributed by atoms with E-state index in [4.69, 9.17) is 4.74 Å². The monoisotopic (exact) mass is 354 g/mol. The van der Waals surface area contributed by atoms with Crippen molar-refractivity contribution in [1.82, 2.24) is 9.78 Å². The second kappa shape index (κ2) is 6.48. The van der Waals surface area contributed by atoms with Gasteiger partial charge in [0.15, 0.2) is 0 Å². The maximum absolute atomic E-state index is 12.7. The molecule has 1 fully saturated rings. The van der Waals surface area contributed by atoms with E-state index < -0.39 is 0 Å². The Labute approximate surface area is 151 Å². The van der Waals surface area contributed by atoms with Crippen LogP contribution in [0.2, 0.25) is 0 Å². The number of aryl methyl sites for hydroxylation is 2. The van der Waals surface area contributed by atoms with Gasteiger partial charge in [-0.05, 0) is 43.5 Å². The average Bonchev–Trinajstić information content (AvgIpc) is 3.32. The van der Waals surface area contributed by atoms with E-state index in [0.717, 1.165) is 47.8 Å². The molecule has 4 rings (SSSR count). The van der Waals surface area contributed by atoms with E-state index in [0.29, 0.717) is 6.54 Å². The molecule has 7 nitrogen and oxygen atoms in total. The number of carbonyl (C=O) groups is 2. The fraction of sp³-hybridized carbons (Fsp3) is 0.421. The van der Waals surface area contributed by atoms with Crippen LogP contribution in [0.4, 0.5) is 11.5 Å². The molecular formula is C19H22N4O3. The van der Waals surface area contributed by atoms with E-state index in [2.05, 4.69) is 10.4 Å². The molecule has 1 N–H and O–H groups in total. The Morgan fingerprint density at radius 3 is 2.77 bits per heavy atom. The average molecular weight is 354 g/mol. The fourth-order valence-corrected chi connectivity index (χ4v) is 3.79. The van der Waals surface area contributed by atoms with Gasteiger partial charge in [0, 0.05) is 31.3 Å². The highest BCUT2D eigenvalue weighted by Gasteiger charge is 2.36. The summed E-state index contributed by atoms with van der Waals surface area (Å²) < 4.78 is 6.88. The summed E-state index contributed by atoms with van der Waals surface area (Å²) in [5.74, 6) is 0.992. The third kappa shape index (κ3) is 2.83. The number of amides is 2. The molecule has 1 aromatic heterocycles. The third-order valence-corrected chi connectivity index (χ3v) is 5.19. The Balaban J connectivity index is 1.47. The van der Waals surface area contributed by atoms with Gasteiger partial charge in [-0.25, -0.2) is 0 Å². The maximum atomic E-state index is 12.7. The predicted molar refractivity (Wildman–Crippen MR) is 97.3 cm³/mol. The number of methoxy groups -OCH3 is 1. The van der Waals surface area contributed by atoms with Crippen LogP contribution in [0.15, 0.2) is 24.3 Å². The largest absolute Gasteiger partial charge is 0.497 e. The molecule has 0 bridgehead atoms. The van der Waals surface area contributed by atoms with Crippen molar-refractivity contribution in [3.05, 3.63) is 35.5 Å². The fourth-order valence-electron chi connectivity index (χ4n) is 3.79. The Morgan fingerprint density at radius 2 is 2.04 bits per heavy atom. The second-order valence-corrected chi connectivity index (χ2v) is 6.84. The lowest BCUT2D eigenvalue weighted by molar-refractivity contribution is -0.122. The summed E-state index contributed by atoms with van der Waals surface area (Å²) in [6.45, 7) is 0.386. The van der Waals surface area contributed by atoms with Gasteiger partial charge in [-0.2, -0.15) is 5.10 Å². The zero-order chi connectivity index (χ0) is 18.3. The van der Waals surface area contributed by atoms with E-state index in [-0.39, 0.29) is 24.2 Å². The van der Waals surface area contributed by atoms with Crippen molar-refractivity contribution in [1.29, 1.82) is 0 Å². The number of benzene rings is 1. The molecule has 136 valence electrons. The van der Waals surface area contributed by atoms with Crippen LogP contribution >= 0.6 is 0 Å². The smallest absolute Gasteiger partial charge is 0.230 e. The molecule has 1 aliphatic carbocycles. The number of hydrogen-bond acceptors (Lipinski definition) is 4. The molecule has 1 atom stereocenters. The number of hydrogen-bond donors (Lipinski definition) is 1. The molecule has 0 spiro atoms. The number of aromatic nitrogens is 2. The van der Waals surface area contributed by atoms with E-state index >= 15 is 0 Å². The summed E-state index contributed by atoms with van der Waals surface area (Å²) >= 11 is 0. The molecular weight excluding hydrogens is 332 g/mol. The summed E-state index contributed by atoms with van der Waals surface area (Å²) in [5, 5.41) is 7.48. The lowest BCUT2D eigenvalue weighted by Gasteiger charge is -2.17. The number of carbonyl (C=O) groups excluding carboxylic acids is 2. The summed E-state index contributed by atoms with van der Waals surface area (Å²) in [5.41, 5.74) is 3.00. The summed E-state index contributed by atoms with van der Waals surface area (Å²) in [6, 6.07) is 7.31. The van der Waals surface area contributed by atoms with Crippen molar-refractivity contribution < 1.29 is 14.3 Å². The van der Waals surface area contributed by atoms with Crippen LogP contribution in [0.5, 0.6) is 5.75 Å². The number of fused-ring (bicyclic) bond motifs is 1. The molecule has 2 aliphatic rings. The lowest BCUT2D eigenvalue weighted by atomic mass is 10.1. The van der Waals surface area contributed by atoms with Crippen molar-refractivity contribution >= 4 is 23.3 Å². The minimum Gasteiger partial charge on any atom is -0.497 e. The SMILES string of the molecule is COc1ccc(N2CC(C(=O)Nc3c4c(nn3C)CCC4)CC2=O)cc1. The van der Waals surface area contributed by atoms with E-state index in [1.807, 2.05) is 31.3 Å². The van der Waals surface area contributed by atoms with Gasteiger partial charge in [0.1, 0.15) is 11.6 Å². The topological polar surface area (TPSA) is 76.5 Å². The summed E-state index contributed by atoms with van der Waals surface area (Å²) in [6.07, 6.45) is 3.21. The Kier molecular flexibility index (Phi) is 4.14. The van der Waals surface area contributed by atoms with Crippen molar-refractivity contribution in [2.24, 2.45) is 13.0 Å². The predicted octanol–water partition coefficient (Wildman–Crippen LogP) is 1.91. The number of nitrogens with one attached hydrogen (secondary N) is 1. The molecule has 1 saturated heterocycles. The van der Waals surface area contributed by atoms with Gasteiger partial charge in [0.2, 0.25) is 11.8 Å². The second-order valence-electron chi connectivity index (χ2n) is 6.84. The van der Waals surface area contributed by atoms with Gasteiger partial charge in [-0.1, -0.05) is 0 Å². The molecule has 0 saturated carbocycles. The highest BCUT2D eigenvalue weighted by Crippen LogP contribution is 2.30. The lowest BCUT2D eigenvalue weighted by Crippen LogP contribution is -2.28. The molecule has 26 heavy (non-hydrogen) atoms. The maximum Gasteiger partial charge on any atom is 0.230 e. The molecule has 1 aromatic carbocycles. The highest BCUT2D eigenvalue weighted by atomic mass is 16.5. The van der Waals surface area contributed by atoms with Gasteiger partial charge in [0.05, 0.1) is 18.7 Å². The Hall–Kier alpha value is -2.83. The van der Waals surface area contributed by atoms with Crippen LogP contribution in [-0.2, 0) is 29.5 Å². The van der Waals surface area contributed by atoms with Gasteiger partial charge in [-0.15, -0.1) is 0 Å². The normalized spacial score (nSPS) is 18.9. The number of ether oxygens (including phenoxy) is 1. The van der Waals surface area contributed by atoms with Crippen molar-refractivity contribution in [3.63, 3.8) is 0 Å². The standard InChI is InChI=1S/C19H22N4O3/c1-22-18(15-4-3-5-16(15)21-22)20-19(25)12-10-17(24)23(11-12)13-6-8-14(26-2)9-7-13/h6-9,12H,3-5,10-11H2,1-2H3,(H,20,25). The summed E-state index contributed by atoms with van der Waals surface area (Å²) in [4.78, 5) is 26.8. The van der Waals surface area contributed by atoms with Crippen molar-refractivity contribution in [3.8, 4) is 5.75 Å². The van der Waals surface area contributed by atoms with Crippen LogP contribution < -0.4 is 15.0 Å². The number of anilines is 2. The molecule has 0 radical (unpaired) electrons. The Bertz CT molecular complexity index is 856. The zero-order valence-corrected chi connectivity index (χ0v) is 15.0. The van der Waals surface area contributed by atoms with E-state index in [9.17, 15) is 9.59 Å². The van der Waals surface area contributed by atoms with Gasteiger partial charge in [0.25, 0.3) is 0 Å². The van der Waals surface area contributed by atoms with Crippen LogP contribution in [0.25, 0.3) is 0 Å². The van der Waals surface area contributed by atoms with Crippen LogP contribution in [-0.4, -0.2) is 35.2 Å². The van der Waals surface area contributed by atoms with Crippen molar-refractivity contribution in [2.75, 3.05) is 23.9 Å². The van der Waals surface area contributed by atoms with Crippen LogP contribution in [0.1, 0.15) is 24.1 Å². The first-order chi connectivity index (χ1) is 12.6. The van der Waals surface area contributed by atoms with Crippen LogP contribution in [0, 0.1) is 5.92 Å². The minimum atomic E-state index is -0.364. The first kappa shape index (κ1) is 16.6. The van der Waals surface area contributed by atoms with Gasteiger partial charge in [-0.3, -0.25) is 14.3 Å². The molecule has 2 heterocycles. The molecule has 1 aliphatic heterocycles. The Morgan fingerprint density at radius 1 is 1.27 bits per heavy atom. The quantitative estimate of drug-likeness (QED) is 0.910.